The summed E-state index contributed by atoms with van der Waals surface area (Å²) >= 11 is 0. The van der Waals surface area contributed by atoms with Crippen molar-refractivity contribution >= 4 is 11.4 Å². The zero-order valence-corrected chi connectivity index (χ0v) is 9.51. The zero-order valence-electron chi connectivity index (χ0n) is 9.51. The van der Waals surface area contributed by atoms with Crippen LogP contribution in [0.15, 0.2) is 18.2 Å². The SMILES string of the molecule is CCC(N)CNc1cc(C#N)ccc1[N+](=O)[O-]. The Bertz CT molecular complexity index is 453. The predicted octanol–water partition coefficient (Wildman–Crippen LogP) is 1.62. The Morgan fingerprint density at radius 2 is 2.35 bits per heavy atom. The second-order valence-electron chi connectivity index (χ2n) is 3.65. The van der Waals surface area contributed by atoms with Gasteiger partial charge in [0.1, 0.15) is 5.69 Å². The van der Waals surface area contributed by atoms with E-state index in [1.807, 2.05) is 13.0 Å². The molecule has 0 fully saturated rings. The minimum absolute atomic E-state index is 0.0488. The van der Waals surface area contributed by atoms with Crippen LogP contribution in [0.25, 0.3) is 0 Å². The molecule has 0 aliphatic heterocycles. The van der Waals surface area contributed by atoms with E-state index < -0.39 is 4.92 Å². The Kier molecular flexibility index (Phi) is 4.43. The summed E-state index contributed by atoms with van der Waals surface area (Å²) in [4.78, 5) is 10.3. The number of nitrogens with zero attached hydrogens (tertiary/aromatic N) is 2. The standard InChI is InChI=1S/C11H14N4O2/c1-2-9(13)7-14-10-5-8(6-12)3-4-11(10)15(16)17/h3-5,9,14H,2,7,13H2,1H3. The van der Waals surface area contributed by atoms with Crippen molar-refractivity contribution in [2.75, 3.05) is 11.9 Å². The van der Waals surface area contributed by atoms with E-state index in [0.29, 0.717) is 17.8 Å². The second-order valence-corrected chi connectivity index (χ2v) is 3.65. The highest BCUT2D eigenvalue weighted by atomic mass is 16.6. The quantitative estimate of drug-likeness (QED) is 0.594. The summed E-state index contributed by atoms with van der Waals surface area (Å²) < 4.78 is 0. The maximum absolute atomic E-state index is 10.8. The molecule has 6 heteroatoms. The maximum Gasteiger partial charge on any atom is 0.292 e. The van der Waals surface area contributed by atoms with Crippen molar-refractivity contribution in [3.05, 3.63) is 33.9 Å². The summed E-state index contributed by atoms with van der Waals surface area (Å²) in [6, 6.07) is 6.07. The molecule has 1 aromatic carbocycles. The largest absolute Gasteiger partial charge is 0.378 e. The van der Waals surface area contributed by atoms with E-state index in [9.17, 15) is 10.1 Å². The molecule has 0 spiro atoms. The van der Waals surface area contributed by atoms with E-state index in [-0.39, 0.29) is 11.7 Å². The third-order valence-corrected chi connectivity index (χ3v) is 2.40. The summed E-state index contributed by atoms with van der Waals surface area (Å²) in [6.07, 6.45) is 0.777. The molecule has 0 bridgehead atoms. The minimum atomic E-state index is -0.485. The highest BCUT2D eigenvalue weighted by molar-refractivity contribution is 5.64. The molecule has 0 aliphatic rings. The van der Waals surface area contributed by atoms with Crippen LogP contribution < -0.4 is 11.1 Å². The molecule has 0 heterocycles. The van der Waals surface area contributed by atoms with Gasteiger partial charge >= 0.3 is 0 Å². The van der Waals surface area contributed by atoms with Crippen molar-refractivity contribution in [2.24, 2.45) is 5.73 Å². The predicted molar refractivity (Wildman–Crippen MR) is 64.6 cm³/mol. The van der Waals surface area contributed by atoms with Crippen LogP contribution in [-0.4, -0.2) is 17.5 Å². The van der Waals surface area contributed by atoms with Crippen LogP contribution in [0.3, 0.4) is 0 Å². The molecule has 17 heavy (non-hydrogen) atoms. The van der Waals surface area contributed by atoms with Gasteiger partial charge in [-0.3, -0.25) is 10.1 Å². The molecule has 1 atom stereocenters. The lowest BCUT2D eigenvalue weighted by atomic mass is 10.1. The summed E-state index contributed by atoms with van der Waals surface area (Å²) in [5.74, 6) is 0. The monoisotopic (exact) mass is 234 g/mol. The number of rotatable bonds is 5. The third kappa shape index (κ3) is 3.43. The Morgan fingerprint density at radius 1 is 1.65 bits per heavy atom. The van der Waals surface area contributed by atoms with Crippen LogP contribution in [-0.2, 0) is 0 Å². The molecular formula is C11H14N4O2. The van der Waals surface area contributed by atoms with Crippen molar-refractivity contribution in [1.29, 1.82) is 5.26 Å². The third-order valence-electron chi connectivity index (χ3n) is 2.40. The first-order valence-corrected chi connectivity index (χ1v) is 5.26. The van der Waals surface area contributed by atoms with Gasteiger partial charge in [-0.25, -0.2) is 0 Å². The molecule has 90 valence electrons. The Labute approximate surface area is 99.2 Å². The van der Waals surface area contributed by atoms with Gasteiger partial charge in [0.15, 0.2) is 0 Å². The van der Waals surface area contributed by atoms with Crippen LogP contribution in [0, 0.1) is 21.4 Å². The summed E-state index contributed by atoms with van der Waals surface area (Å²) in [6.45, 7) is 2.37. The van der Waals surface area contributed by atoms with Crippen LogP contribution >= 0.6 is 0 Å². The summed E-state index contributed by atoms with van der Waals surface area (Å²) in [7, 11) is 0. The smallest absolute Gasteiger partial charge is 0.292 e. The number of hydrogen-bond donors (Lipinski definition) is 2. The zero-order chi connectivity index (χ0) is 12.8. The first kappa shape index (κ1) is 12.9. The molecule has 0 aromatic heterocycles. The fraction of sp³-hybridized carbons (Fsp3) is 0.364. The minimum Gasteiger partial charge on any atom is -0.378 e. The molecule has 1 rings (SSSR count). The van der Waals surface area contributed by atoms with Crippen LogP contribution in [0.4, 0.5) is 11.4 Å². The molecule has 1 unspecified atom stereocenters. The lowest BCUT2D eigenvalue weighted by Crippen LogP contribution is -2.28. The molecule has 3 N–H and O–H groups in total. The Hall–Kier alpha value is -2.13. The number of nitro groups is 1. The van der Waals surface area contributed by atoms with E-state index >= 15 is 0 Å². The highest BCUT2D eigenvalue weighted by Gasteiger charge is 2.14. The van der Waals surface area contributed by atoms with Gasteiger partial charge in [-0.2, -0.15) is 5.26 Å². The number of benzene rings is 1. The number of nitro benzene ring substituents is 1. The van der Waals surface area contributed by atoms with Gasteiger partial charge in [0.05, 0.1) is 16.6 Å². The average Bonchev–Trinajstić information content (AvgIpc) is 2.35. The Balaban J connectivity index is 2.94. The topological polar surface area (TPSA) is 105 Å². The van der Waals surface area contributed by atoms with Gasteiger partial charge in [0, 0.05) is 18.7 Å². The maximum atomic E-state index is 10.8. The Morgan fingerprint density at radius 3 is 2.88 bits per heavy atom. The molecule has 0 aliphatic carbocycles. The first-order chi connectivity index (χ1) is 8.08. The molecular weight excluding hydrogens is 220 g/mol. The van der Waals surface area contributed by atoms with Crippen LogP contribution in [0.2, 0.25) is 0 Å². The number of nitriles is 1. The van der Waals surface area contributed by atoms with Crippen LogP contribution in [0.5, 0.6) is 0 Å². The van der Waals surface area contributed by atoms with E-state index in [0.717, 1.165) is 6.42 Å². The second kappa shape index (κ2) is 5.82. The van der Waals surface area contributed by atoms with E-state index in [1.165, 1.54) is 18.2 Å². The lowest BCUT2D eigenvalue weighted by Gasteiger charge is -2.11. The van der Waals surface area contributed by atoms with E-state index in [4.69, 9.17) is 11.0 Å². The van der Waals surface area contributed by atoms with Crippen molar-refractivity contribution in [1.82, 2.24) is 0 Å². The fourth-order valence-corrected chi connectivity index (χ4v) is 1.29. The average molecular weight is 234 g/mol. The van der Waals surface area contributed by atoms with Gasteiger partial charge in [-0.05, 0) is 18.6 Å². The summed E-state index contributed by atoms with van der Waals surface area (Å²) in [5, 5.41) is 22.4. The lowest BCUT2D eigenvalue weighted by molar-refractivity contribution is -0.384. The van der Waals surface area contributed by atoms with Gasteiger partial charge in [0.25, 0.3) is 5.69 Å². The van der Waals surface area contributed by atoms with Crippen molar-refractivity contribution in [3.63, 3.8) is 0 Å². The van der Waals surface area contributed by atoms with Gasteiger partial charge < -0.3 is 11.1 Å². The summed E-state index contributed by atoms with van der Waals surface area (Å²) in [5.41, 5.74) is 6.38. The molecule has 0 saturated carbocycles. The number of nitrogens with two attached hydrogens (primary N) is 1. The van der Waals surface area contributed by atoms with E-state index in [1.54, 1.807) is 0 Å². The molecule has 6 nitrogen and oxygen atoms in total. The van der Waals surface area contributed by atoms with E-state index in [2.05, 4.69) is 5.32 Å². The molecule has 0 radical (unpaired) electrons. The number of anilines is 1. The first-order valence-electron chi connectivity index (χ1n) is 5.26. The highest BCUT2D eigenvalue weighted by Crippen LogP contribution is 2.25. The number of hydrogen-bond acceptors (Lipinski definition) is 5. The van der Waals surface area contributed by atoms with Crippen molar-refractivity contribution in [3.8, 4) is 6.07 Å². The van der Waals surface area contributed by atoms with Crippen LogP contribution in [0.1, 0.15) is 18.9 Å². The van der Waals surface area contributed by atoms with Gasteiger partial charge in [0.2, 0.25) is 0 Å². The van der Waals surface area contributed by atoms with Crippen molar-refractivity contribution < 1.29 is 4.92 Å². The molecule has 1 aromatic rings. The van der Waals surface area contributed by atoms with Gasteiger partial charge in [-0.15, -0.1) is 0 Å². The number of nitrogens with one attached hydrogen (secondary N) is 1. The fourth-order valence-electron chi connectivity index (χ4n) is 1.29. The normalized spacial score (nSPS) is 11.6. The molecule has 0 amide bonds. The van der Waals surface area contributed by atoms with Gasteiger partial charge in [-0.1, -0.05) is 6.92 Å². The molecule has 0 saturated heterocycles. The van der Waals surface area contributed by atoms with Crippen molar-refractivity contribution in [2.45, 2.75) is 19.4 Å².